The van der Waals surface area contributed by atoms with E-state index in [0.29, 0.717) is 0 Å². The van der Waals surface area contributed by atoms with Gasteiger partial charge in [-0.05, 0) is 39.8 Å². The fourth-order valence-corrected chi connectivity index (χ4v) is 1.20. The zero-order chi connectivity index (χ0) is 10.8. The summed E-state index contributed by atoms with van der Waals surface area (Å²) < 4.78 is 0. The van der Waals surface area contributed by atoms with Gasteiger partial charge in [-0.2, -0.15) is 0 Å². The summed E-state index contributed by atoms with van der Waals surface area (Å²) in [4.78, 5) is 11.7. The van der Waals surface area contributed by atoms with Crippen LogP contribution in [0.25, 0.3) is 0 Å². The monoisotopic (exact) mass is 191 g/mol. The van der Waals surface area contributed by atoms with Gasteiger partial charge in [-0.15, -0.1) is 0 Å². The van der Waals surface area contributed by atoms with Crippen LogP contribution in [-0.4, -0.2) is 11.4 Å². The van der Waals surface area contributed by atoms with Crippen LogP contribution in [0.2, 0.25) is 0 Å². The number of amides is 1. The molecule has 2 nitrogen and oxygen atoms in total. The summed E-state index contributed by atoms with van der Waals surface area (Å²) in [5.74, 6) is -0.0128. The van der Waals surface area contributed by atoms with Crippen LogP contribution in [0.1, 0.15) is 36.7 Å². The number of hydrogen-bond donors (Lipinski definition) is 1. The van der Waals surface area contributed by atoms with Crippen molar-refractivity contribution >= 4 is 5.91 Å². The van der Waals surface area contributed by atoms with Crippen molar-refractivity contribution in [3.05, 3.63) is 35.4 Å². The predicted octanol–water partition coefficient (Wildman–Crippen LogP) is 2.52. The van der Waals surface area contributed by atoms with Crippen LogP contribution < -0.4 is 5.32 Å². The molecule has 0 saturated heterocycles. The molecule has 0 bridgehead atoms. The quantitative estimate of drug-likeness (QED) is 0.726. The Morgan fingerprint density at radius 2 is 1.93 bits per heavy atom. The third-order valence-electron chi connectivity index (χ3n) is 1.77. The molecular weight excluding hydrogens is 174 g/mol. The van der Waals surface area contributed by atoms with E-state index >= 15 is 0 Å². The van der Waals surface area contributed by atoms with E-state index < -0.39 is 0 Å². The topological polar surface area (TPSA) is 29.1 Å². The van der Waals surface area contributed by atoms with Gasteiger partial charge in [0.05, 0.1) is 0 Å². The number of rotatable bonds is 1. The van der Waals surface area contributed by atoms with Crippen molar-refractivity contribution in [1.29, 1.82) is 0 Å². The van der Waals surface area contributed by atoms with Crippen molar-refractivity contribution in [3.8, 4) is 0 Å². The Kier molecular flexibility index (Phi) is 2.94. The first-order valence-corrected chi connectivity index (χ1v) is 4.78. The van der Waals surface area contributed by atoms with Gasteiger partial charge in [0.1, 0.15) is 0 Å². The number of carbonyl (C=O) groups is 1. The molecule has 0 aliphatic rings. The highest BCUT2D eigenvalue weighted by molar-refractivity contribution is 5.94. The lowest BCUT2D eigenvalue weighted by Crippen LogP contribution is -2.40. The molecule has 0 aromatic heterocycles. The van der Waals surface area contributed by atoms with Gasteiger partial charge in [0.2, 0.25) is 0 Å². The molecule has 0 heterocycles. The van der Waals surface area contributed by atoms with E-state index in [9.17, 15) is 4.79 Å². The van der Waals surface area contributed by atoms with Gasteiger partial charge in [-0.25, -0.2) is 0 Å². The van der Waals surface area contributed by atoms with E-state index in [2.05, 4.69) is 5.32 Å². The number of nitrogens with one attached hydrogen (secondary N) is 1. The molecule has 1 rings (SSSR count). The maximum Gasteiger partial charge on any atom is 0.251 e. The minimum absolute atomic E-state index is 0.0128. The number of carbonyl (C=O) groups excluding carboxylic acids is 1. The Morgan fingerprint density at radius 3 is 2.43 bits per heavy atom. The van der Waals surface area contributed by atoms with Gasteiger partial charge in [0.25, 0.3) is 5.91 Å². The molecule has 14 heavy (non-hydrogen) atoms. The van der Waals surface area contributed by atoms with Crippen molar-refractivity contribution in [2.24, 2.45) is 0 Å². The molecule has 0 unspecified atom stereocenters. The fraction of sp³-hybridized carbons (Fsp3) is 0.417. The van der Waals surface area contributed by atoms with E-state index in [1.165, 1.54) is 0 Å². The van der Waals surface area contributed by atoms with Crippen LogP contribution in [-0.2, 0) is 0 Å². The zero-order valence-corrected chi connectivity index (χ0v) is 9.22. The first kappa shape index (κ1) is 10.8. The highest BCUT2D eigenvalue weighted by Gasteiger charge is 2.14. The number of hydrogen-bond acceptors (Lipinski definition) is 1. The third kappa shape index (κ3) is 3.21. The van der Waals surface area contributed by atoms with Crippen molar-refractivity contribution in [2.45, 2.75) is 33.2 Å². The maximum absolute atomic E-state index is 11.7. The summed E-state index contributed by atoms with van der Waals surface area (Å²) in [5.41, 5.74) is 1.65. The van der Waals surface area contributed by atoms with Gasteiger partial charge >= 0.3 is 0 Å². The van der Waals surface area contributed by atoms with Gasteiger partial charge in [0, 0.05) is 11.1 Å². The summed E-state index contributed by atoms with van der Waals surface area (Å²) >= 11 is 0. The predicted molar refractivity (Wildman–Crippen MR) is 58.4 cm³/mol. The molecule has 0 atom stereocenters. The first-order valence-electron chi connectivity index (χ1n) is 4.78. The minimum atomic E-state index is -0.180. The summed E-state index contributed by atoms with van der Waals surface area (Å²) in [5, 5.41) is 2.92. The largest absolute Gasteiger partial charge is 0.347 e. The minimum Gasteiger partial charge on any atom is -0.347 e. The van der Waals surface area contributed by atoms with Crippen LogP contribution in [0, 0.1) is 6.92 Å². The molecule has 2 heteroatoms. The van der Waals surface area contributed by atoms with Gasteiger partial charge in [-0.1, -0.05) is 17.7 Å². The van der Waals surface area contributed by atoms with Crippen LogP contribution >= 0.6 is 0 Å². The molecule has 0 aliphatic heterocycles. The molecule has 1 N–H and O–H groups in total. The standard InChI is InChI=1S/C12H17NO/c1-9-6-5-7-10(8-9)11(14)13-12(2,3)4/h5-8H,1-4H3,(H,13,14). The Balaban J connectivity index is 2.80. The summed E-state index contributed by atoms with van der Waals surface area (Å²) in [6.45, 7) is 7.90. The van der Waals surface area contributed by atoms with Crippen molar-refractivity contribution < 1.29 is 4.79 Å². The van der Waals surface area contributed by atoms with Crippen molar-refractivity contribution in [3.63, 3.8) is 0 Å². The molecule has 76 valence electrons. The second-order valence-electron chi connectivity index (χ2n) is 4.57. The molecular formula is C12H17NO. The Hall–Kier alpha value is -1.31. The molecule has 0 fully saturated rings. The Morgan fingerprint density at radius 1 is 1.29 bits per heavy atom. The summed E-state index contributed by atoms with van der Waals surface area (Å²) in [6.07, 6.45) is 0. The lowest BCUT2D eigenvalue weighted by molar-refractivity contribution is 0.0919. The number of benzene rings is 1. The molecule has 0 spiro atoms. The molecule has 1 amide bonds. The molecule has 0 radical (unpaired) electrons. The average molecular weight is 191 g/mol. The molecule has 0 saturated carbocycles. The highest BCUT2D eigenvalue weighted by atomic mass is 16.1. The average Bonchev–Trinajstić information content (AvgIpc) is 2.01. The number of aryl methyl sites for hydroxylation is 1. The van der Waals surface area contributed by atoms with Crippen LogP contribution in [0.5, 0.6) is 0 Å². The van der Waals surface area contributed by atoms with Crippen molar-refractivity contribution in [2.75, 3.05) is 0 Å². The zero-order valence-electron chi connectivity index (χ0n) is 9.22. The van der Waals surface area contributed by atoms with E-state index in [4.69, 9.17) is 0 Å². The second kappa shape index (κ2) is 3.82. The Bertz CT molecular complexity index is 336. The summed E-state index contributed by atoms with van der Waals surface area (Å²) in [6, 6.07) is 7.59. The highest BCUT2D eigenvalue weighted by Crippen LogP contribution is 2.06. The van der Waals surface area contributed by atoms with Crippen LogP contribution in [0.4, 0.5) is 0 Å². The van der Waals surface area contributed by atoms with Crippen LogP contribution in [0.3, 0.4) is 0 Å². The third-order valence-corrected chi connectivity index (χ3v) is 1.77. The Labute approximate surface area is 85.3 Å². The first-order chi connectivity index (χ1) is 6.38. The van der Waals surface area contributed by atoms with Gasteiger partial charge in [-0.3, -0.25) is 4.79 Å². The summed E-state index contributed by atoms with van der Waals surface area (Å²) in [7, 11) is 0. The van der Waals surface area contributed by atoms with Crippen molar-refractivity contribution in [1.82, 2.24) is 5.32 Å². The molecule has 1 aromatic carbocycles. The van der Waals surface area contributed by atoms with E-state index in [-0.39, 0.29) is 11.4 Å². The van der Waals surface area contributed by atoms with Crippen LogP contribution in [0.15, 0.2) is 24.3 Å². The maximum atomic E-state index is 11.7. The van der Waals surface area contributed by atoms with Gasteiger partial charge in [0.15, 0.2) is 0 Å². The second-order valence-corrected chi connectivity index (χ2v) is 4.57. The van der Waals surface area contributed by atoms with E-state index in [1.807, 2.05) is 52.0 Å². The smallest absolute Gasteiger partial charge is 0.251 e. The van der Waals surface area contributed by atoms with Gasteiger partial charge < -0.3 is 5.32 Å². The molecule has 1 aromatic rings. The lowest BCUT2D eigenvalue weighted by Gasteiger charge is -2.20. The lowest BCUT2D eigenvalue weighted by atomic mass is 10.1. The van der Waals surface area contributed by atoms with E-state index in [0.717, 1.165) is 11.1 Å². The van der Waals surface area contributed by atoms with E-state index in [1.54, 1.807) is 0 Å². The fourth-order valence-electron chi connectivity index (χ4n) is 1.20. The SMILES string of the molecule is Cc1cccc(C(=O)NC(C)(C)C)c1. The molecule has 0 aliphatic carbocycles. The normalized spacial score (nSPS) is 11.1.